The Labute approximate surface area is 122 Å². The minimum Gasteiger partial charge on any atom is -0.379 e. The summed E-state index contributed by atoms with van der Waals surface area (Å²) in [7, 11) is 0. The van der Waals surface area contributed by atoms with E-state index in [-0.39, 0.29) is 17.4 Å². The molecule has 2 unspecified atom stereocenters. The zero-order chi connectivity index (χ0) is 14.4. The van der Waals surface area contributed by atoms with Crippen LogP contribution in [0.4, 0.5) is 0 Å². The molecule has 2 aliphatic rings. The summed E-state index contributed by atoms with van der Waals surface area (Å²) < 4.78 is 5.35. The average Bonchev–Trinajstić information content (AvgIpc) is 2.90. The van der Waals surface area contributed by atoms with Crippen molar-refractivity contribution < 1.29 is 9.53 Å². The number of carbonyl (C=O) groups is 1. The normalized spacial score (nSPS) is 29.3. The molecule has 0 aromatic heterocycles. The van der Waals surface area contributed by atoms with Gasteiger partial charge in [-0.2, -0.15) is 0 Å². The van der Waals surface area contributed by atoms with Crippen LogP contribution in [0.5, 0.6) is 0 Å². The van der Waals surface area contributed by atoms with E-state index in [1.165, 1.54) is 0 Å². The number of rotatable bonds is 6. The predicted octanol–water partition coefficient (Wildman–Crippen LogP) is 0.603. The molecule has 2 fully saturated rings. The van der Waals surface area contributed by atoms with Crippen molar-refractivity contribution in [3.63, 3.8) is 0 Å². The molecule has 0 aromatic carbocycles. The van der Waals surface area contributed by atoms with E-state index < -0.39 is 0 Å². The number of morpholine rings is 1. The minimum atomic E-state index is -0.173. The molecule has 2 N–H and O–H groups in total. The van der Waals surface area contributed by atoms with E-state index in [4.69, 9.17) is 4.74 Å². The quantitative estimate of drug-likeness (QED) is 0.750. The van der Waals surface area contributed by atoms with Gasteiger partial charge in [-0.05, 0) is 26.3 Å². The Morgan fingerprint density at radius 1 is 1.45 bits per heavy atom. The van der Waals surface area contributed by atoms with Gasteiger partial charge in [0.1, 0.15) is 0 Å². The van der Waals surface area contributed by atoms with Crippen molar-refractivity contribution in [1.82, 2.24) is 15.5 Å². The van der Waals surface area contributed by atoms with Gasteiger partial charge in [0, 0.05) is 32.2 Å². The summed E-state index contributed by atoms with van der Waals surface area (Å²) in [6, 6.07) is 0.204. The first-order valence-corrected chi connectivity index (χ1v) is 7.98. The smallest absolute Gasteiger partial charge is 0.227 e. The first-order chi connectivity index (χ1) is 9.66. The standard InChI is InChI=1S/C15H29N3O2/c1-3-4-15(5-6-16-12-15)14(19)17-13(2)11-18-7-9-20-10-8-18/h13,16H,3-12H2,1-2H3,(H,17,19). The molecule has 2 saturated heterocycles. The Balaban J connectivity index is 1.82. The fraction of sp³-hybridized carbons (Fsp3) is 0.933. The summed E-state index contributed by atoms with van der Waals surface area (Å²) >= 11 is 0. The number of carbonyl (C=O) groups excluding carboxylic acids is 1. The highest BCUT2D eigenvalue weighted by atomic mass is 16.5. The first-order valence-electron chi connectivity index (χ1n) is 7.98. The first kappa shape index (κ1) is 15.7. The Kier molecular flexibility index (Phi) is 5.81. The van der Waals surface area contributed by atoms with Crippen LogP contribution < -0.4 is 10.6 Å². The number of amides is 1. The highest BCUT2D eigenvalue weighted by Gasteiger charge is 2.40. The van der Waals surface area contributed by atoms with Gasteiger partial charge in [-0.1, -0.05) is 13.3 Å². The van der Waals surface area contributed by atoms with Gasteiger partial charge in [0.25, 0.3) is 0 Å². The van der Waals surface area contributed by atoms with Crippen molar-refractivity contribution >= 4 is 5.91 Å². The van der Waals surface area contributed by atoms with Crippen LogP contribution in [0, 0.1) is 5.41 Å². The number of nitrogens with zero attached hydrogens (tertiary/aromatic N) is 1. The molecule has 0 saturated carbocycles. The molecule has 20 heavy (non-hydrogen) atoms. The summed E-state index contributed by atoms with van der Waals surface area (Å²) in [5.74, 6) is 0.241. The van der Waals surface area contributed by atoms with Crippen LogP contribution in [0.3, 0.4) is 0 Å². The van der Waals surface area contributed by atoms with Crippen molar-refractivity contribution in [3.05, 3.63) is 0 Å². The van der Waals surface area contributed by atoms with Crippen molar-refractivity contribution in [1.29, 1.82) is 0 Å². The highest BCUT2D eigenvalue weighted by Crippen LogP contribution is 2.31. The van der Waals surface area contributed by atoms with Crippen molar-refractivity contribution in [2.45, 2.75) is 39.2 Å². The highest BCUT2D eigenvalue weighted by molar-refractivity contribution is 5.83. The van der Waals surface area contributed by atoms with E-state index in [1.54, 1.807) is 0 Å². The Morgan fingerprint density at radius 2 is 2.20 bits per heavy atom. The molecule has 0 spiro atoms. The third kappa shape index (κ3) is 3.93. The van der Waals surface area contributed by atoms with Gasteiger partial charge in [-0.3, -0.25) is 9.69 Å². The van der Waals surface area contributed by atoms with E-state index in [0.717, 1.165) is 65.2 Å². The molecule has 2 rings (SSSR count). The lowest BCUT2D eigenvalue weighted by Gasteiger charge is -2.32. The fourth-order valence-corrected chi connectivity index (χ4v) is 3.34. The van der Waals surface area contributed by atoms with Crippen molar-refractivity contribution in [3.8, 4) is 0 Å². The molecule has 0 radical (unpaired) electrons. The molecule has 5 nitrogen and oxygen atoms in total. The van der Waals surface area contributed by atoms with Crippen LogP contribution in [0.2, 0.25) is 0 Å². The van der Waals surface area contributed by atoms with Gasteiger partial charge in [0.2, 0.25) is 5.91 Å². The van der Waals surface area contributed by atoms with Crippen LogP contribution in [0.15, 0.2) is 0 Å². The van der Waals surface area contributed by atoms with Gasteiger partial charge in [-0.15, -0.1) is 0 Å². The van der Waals surface area contributed by atoms with Crippen LogP contribution >= 0.6 is 0 Å². The van der Waals surface area contributed by atoms with Crippen LogP contribution in [0.25, 0.3) is 0 Å². The largest absolute Gasteiger partial charge is 0.379 e. The van der Waals surface area contributed by atoms with E-state index in [0.29, 0.717) is 0 Å². The summed E-state index contributed by atoms with van der Waals surface area (Å²) in [5.41, 5.74) is -0.173. The second-order valence-electron chi connectivity index (χ2n) is 6.24. The molecule has 2 heterocycles. The monoisotopic (exact) mass is 283 g/mol. The van der Waals surface area contributed by atoms with Crippen LogP contribution in [-0.2, 0) is 9.53 Å². The second-order valence-corrected chi connectivity index (χ2v) is 6.24. The maximum Gasteiger partial charge on any atom is 0.227 e. The molecule has 0 aliphatic carbocycles. The summed E-state index contributed by atoms with van der Waals surface area (Å²) in [5, 5.41) is 6.58. The SMILES string of the molecule is CCCC1(C(=O)NC(C)CN2CCOCC2)CCNC1. The molecule has 116 valence electrons. The molecule has 2 atom stereocenters. The van der Waals surface area contributed by atoms with Crippen LogP contribution in [-0.4, -0.2) is 62.8 Å². The number of hydrogen-bond acceptors (Lipinski definition) is 4. The van der Waals surface area contributed by atoms with Crippen molar-refractivity contribution in [2.24, 2.45) is 5.41 Å². The molecular formula is C15H29N3O2. The predicted molar refractivity (Wildman–Crippen MR) is 79.7 cm³/mol. The Morgan fingerprint density at radius 3 is 2.80 bits per heavy atom. The topological polar surface area (TPSA) is 53.6 Å². The lowest BCUT2D eigenvalue weighted by Crippen LogP contribution is -2.50. The van der Waals surface area contributed by atoms with E-state index in [2.05, 4.69) is 29.4 Å². The number of ether oxygens (including phenoxy) is 1. The van der Waals surface area contributed by atoms with E-state index >= 15 is 0 Å². The lowest BCUT2D eigenvalue weighted by molar-refractivity contribution is -0.131. The van der Waals surface area contributed by atoms with Gasteiger partial charge in [0.05, 0.1) is 18.6 Å². The van der Waals surface area contributed by atoms with Gasteiger partial charge < -0.3 is 15.4 Å². The second kappa shape index (κ2) is 7.38. The van der Waals surface area contributed by atoms with Gasteiger partial charge in [0.15, 0.2) is 0 Å². The third-order valence-electron chi connectivity index (χ3n) is 4.47. The summed E-state index contributed by atoms with van der Waals surface area (Å²) in [6.45, 7) is 10.5. The average molecular weight is 283 g/mol. The number of nitrogens with one attached hydrogen (secondary N) is 2. The number of hydrogen-bond donors (Lipinski definition) is 2. The zero-order valence-electron chi connectivity index (χ0n) is 12.9. The summed E-state index contributed by atoms with van der Waals surface area (Å²) in [6.07, 6.45) is 3.01. The molecular weight excluding hydrogens is 254 g/mol. The Bertz CT molecular complexity index is 310. The van der Waals surface area contributed by atoms with Gasteiger partial charge >= 0.3 is 0 Å². The molecule has 5 heteroatoms. The lowest BCUT2D eigenvalue weighted by atomic mass is 9.81. The molecule has 0 aromatic rings. The van der Waals surface area contributed by atoms with Crippen LogP contribution in [0.1, 0.15) is 33.1 Å². The van der Waals surface area contributed by atoms with Gasteiger partial charge in [-0.25, -0.2) is 0 Å². The zero-order valence-corrected chi connectivity index (χ0v) is 12.9. The third-order valence-corrected chi connectivity index (χ3v) is 4.47. The summed E-state index contributed by atoms with van der Waals surface area (Å²) in [4.78, 5) is 15.0. The van der Waals surface area contributed by atoms with E-state index in [9.17, 15) is 4.79 Å². The minimum absolute atomic E-state index is 0.173. The maximum atomic E-state index is 12.6. The molecule has 0 bridgehead atoms. The van der Waals surface area contributed by atoms with Crippen molar-refractivity contribution in [2.75, 3.05) is 45.9 Å². The Hall–Kier alpha value is -0.650. The van der Waals surface area contributed by atoms with E-state index in [1.807, 2.05) is 0 Å². The molecule has 2 aliphatic heterocycles. The fourth-order valence-electron chi connectivity index (χ4n) is 3.34. The molecule has 1 amide bonds. The maximum absolute atomic E-state index is 12.6.